The van der Waals surface area contributed by atoms with Gasteiger partial charge in [-0.1, -0.05) is 12.8 Å². The van der Waals surface area contributed by atoms with Crippen molar-refractivity contribution in [3.8, 4) is 6.07 Å². The molecular weight excluding hydrogens is 299 g/mol. The minimum atomic E-state index is -1.22. The van der Waals surface area contributed by atoms with E-state index in [0.717, 1.165) is 31.9 Å². The molecular formula is C17H19FN2O3. The van der Waals surface area contributed by atoms with Crippen LogP contribution in [0, 0.1) is 23.1 Å². The van der Waals surface area contributed by atoms with Gasteiger partial charge in [0.05, 0.1) is 17.9 Å². The Kier molecular flexibility index (Phi) is 4.07. The van der Waals surface area contributed by atoms with Crippen molar-refractivity contribution in [2.45, 2.75) is 49.5 Å². The number of halogens is 1. The largest absolute Gasteiger partial charge is 0.480 e. The molecule has 2 fully saturated rings. The highest BCUT2D eigenvalue weighted by atomic mass is 19.1. The molecule has 2 atom stereocenters. The number of hydrogen-bond donors (Lipinski definition) is 1. The predicted octanol–water partition coefficient (Wildman–Crippen LogP) is 2.81. The highest BCUT2D eigenvalue weighted by molar-refractivity contribution is 5.75. The smallest absolute Gasteiger partial charge is 0.321 e. The molecule has 23 heavy (non-hydrogen) atoms. The number of rotatable bonds is 3. The van der Waals surface area contributed by atoms with E-state index in [2.05, 4.69) is 4.98 Å². The normalized spacial score (nSPS) is 27.5. The second-order valence-corrected chi connectivity index (χ2v) is 6.58. The van der Waals surface area contributed by atoms with Gasteiger partial charge >= 0.3 is 5.97 Å². The van der Waals surface area contributed by atoms with Crippen molar-refractivity contribution in [3.05, 3.63) is 29.8 Å². The first-order valence-electron chi connectivity index (χ1n) is 7.90. The lowest BCUT2D eigenvalue weighted by Gasteiger charge is -2.47. The second-order valence-electron chi connectivity index (χ2n) is 6.58. The Balaban J connectivity index is 2.08. The minimum absolute atomic E-state index is 0.376. The lowest BCUT2D eigenvalue weighted by atomic mass is 9.63. The van der Waals surface area contributed by atoms with Crippen molar-refractivity contribution < 1.29 is 19.0 Å². The number of aromatic nitrogens is 1. The second kappa shape index (κ2) is 5.89. The van der Waals surface area contributed by atoms with Crippen LogP contribution in [-0.2, 0) is 14.9 Å². The van der Waals surface area contributed by atoms with E-state index in [0.29, 0.717) is 25.1 Å². The minimum Gasteiger partial charge on any atom is -0.480 e. The Labute approximate surface area is 134 Å². The molecule has 0 aromatic carbocycles. The molecule has 5 nitrogen and oxygen atoms in total. The maximum Gasteiger partial charge on any atom is 0.321 e. The molecule has 1 aromatic rings. The summed E-state index contributed by atoms with van der Waals surface area (Å²) >= 11 is 0. The van der Waals surface area contributed by atoms with E-state index in [1.54, 1.807) is 0 Å². The molecule has 1 aromatic heterocycles. The third kappa shape index (κ3) is 2.70. The average molecular weight is 318 g/mol. The van der Waals surface area contributed by atoms with Crippen molar-refractivity contribution in [1.29, 1.82) is 5.26 Å². The molecule has 2 aliphatic rings. The van der Waals surface area contributed by atoms with Crippen LogP contribution in [0.2, 0.25) is 0 Å². The average Bonchev–Trinajstić information content (AvgIpc) is 2.96. The summed E-state index contributed by atoms with van der Waals surface area (Å²) in [4.78, 5) is 15.8. The molecule has 1 N–H and O–H groups in total. The highest BCUT2D eigenvalue weighted by Gasteiger charge is 2.54. The number of carboxylic acid groups (broad SMARTS) is 1. The number of pyridine rings is 1. The van der Waals surface area contributed by atoms with Gasteiger partial charge in [0, 0.05) is 17.7 Å². The monoisotopic (exact) mass is 318 g/mol. The summed E-state index contributed by atoms with van der Waals surface area (Å²) < 4.78 is 19.2. The maximum absolute atomic E-state index is 13.2. The Morgan fingerprint density at radius 2 is 2.13 bits per heavy atom. The lowest BCUT2D eigenvalue weighted by Crippen LogP contribution is -2.51. The van der Waals surface area contributed by atoms with E-state index < -0.39 is 23.1 Å². The van der Waals surface area contributed by atoms with Crippen LogP contribution in [0.25, 0.3) is 0 Å². The van der Waals surface area contributed by atoms with Gasteiger partial charge < -0.3 is 9.84 Å². The molecule has 1 saturated heterocycles. The number of aliphatic carboxylic acids is 1. The molecule has 1 aliphatic carbocycles. The van der Waals surface area contributed by atoms with E-state index in [4.69, 9.17) is 4.74 Å². The van der Waals surface area contributed by atoms with Crippen molar-refractivity contribution in [2.24, 2.45) is 5.92 Å². The third-order valence-electron chi connectivity index (χ3n) is 5.27. The molecule has 6 heteroatoms. The summed E-state index contributed by atoms with van der Waals surface area (Å²) in [7, 11) is 0. The van der Waals surface area contributed by atoms with Crippen LogP contribution in [0.5, 0.6) is 0 Å². The molecule has 1 spiro atoms. The van der Waals surface area contributed by atoms with Crippen LogP contribution in [0.4, 0.5) is 4.39 Å². The van der Waals surface area contributed by atoms with Crippen LogP contribution >= 0.6 is 0 Å². The summed E-state index contributed by atoms with van der Waals surface area (Å²) in [6.45, 7) is 0.393. The first-order valence-corrected chi connectivity index (χ1v) is 7.90. The summed E-state index contributed by atoms with van der Waals surface area (Å²) in [5, 5.41) is 19.1. The fourth-order valence-corrected chi connectivity index (χ4v) is 4.20. The Morgan fingerprint density at radius 3 is 2.70 bits per heavy atom. The van der Waals surface area contributed by atoms with Crippen molar-refractivity contribution in [2.75, 3.05) is 6.61 Å². The molecule has 3 rings (SSSR count). The highest BCUT2D eigenvalue weighted by Crippen LogP contribution is 2.51. The third-order valence-corrected chi connectivity index (χ3v) is 5.27. The molecule has 122 valence electrons. The number of ether oxygens (including phenoxy) is 1. The van der Waals surface area contributed by atoms with Gasteiger partial charge in [-0.3, -0.25) is 9.78 Å². The van der Waals surface area contributed by atoms with Gasteiger partial charge in [0.2, 0.25) is 0 Å². The molecule has 1 aliphatic heterocycles. The molecule has 2 heterocycles. The fourth-order valence-electron chi connectivity index (χ4n) is 4.20. The van der Waals surface area contributed by atoms with Crippen molar-refractivity contribution >= 4 is 5.97 Å². The molecule has 0 bridgehead atoms. The summed E-state index contributed by atoms with van der Waals surface area (Å²) in [6, 6.07) is 4.73. The van der Waals surface area contributed by atoms with E-state index >= 15 is 0 Å². The SMILES string of the molecule is N#CC(C(=O)O)C1(c2ccc(F)cn2)CCOC2(CCCC2)C1. The van der Waals surface area contributed by atoms with E-state index in [9.17, 15) is 19.6 Å². The number of nitriles is 1. The van der Waals surface area contributed by atoms with Crippen molar-refractivity contribution in [1.82, 2.24) is 4.98 Å². The zero-order valence-corrected chi connectivity index (χ0v) is 12.8. The fraction of sp³-hybridized carbons (Fsp3) is 0.588. The van der Waals surface area contributed by atoms with Gasteiger partial charge in [-0.15, -0.1) is 0 Å². The van der Waals surface area contributed by atoms with Crippen LogP contribution < -0.4 is 0 Å². The predicted molar refractivity (Wildman–Crippen MR) is 79.0 cm³/mol. The lowest BCUT2D eigenvalue weighted by molar-refractivity contribution is -0.149. The van der Waals surface area contributed by atoms with Gasteiger partial charge in [0.1, 0.15) is 5.82 Å². The first kappa shape index (κ1) is 15.9. The first-order chi connectivity index (χ1) is 11.0. The van der Waals surface area contributed by atoms with Crippen LogP contribution in [-0.4, -0.2) is 28.3 Å². The topological polar surface area (TPSA) is 83.2 Å². The maximum atomic E-state index is 13.2. The Bertz CT molecular complexity index is 634. The van der Waals surface area contributed by atoms with Crippen LogP contribution in [0.15, 0.2) is 18.3 Å². The standard InChI is InChI=1S/C17H19FN2O3/c18-12-3-4-14(20-10-12)17(13(9-19)15(21)22)7-8-23-16(11-17)5-1-2-6-16/h3-4,10,13H,1-2,5-8,11H2,(H,21,22). The zero-order valence-electron chi connectivity index (χ0n) is 12.8. The number of hydrogen-bond acceptors (Lipinski definition) is 4. The summed E-state index contributed by atoms with van der Waals surface area (Å²) in [5.74, 6) is -2.86. The quantitative estimate of drug-likeness (QED) is 0.926. The van der Waals surface area contributed by atoms with E-state index in [1.165, 1.54) is 12.1 Å². The Hall–Kier alpha value is -2.00. The van der Waals surface area contributed by atoms with Gasteiger partial charge in [0.25, 0.3) is 0 Å². The number of carboxylic acids is 1. The van der Waals surface area contributed by atoms with Gasteiger partial charge in [0.15, 0.2) is 5.92 Å². The van der Waals surface area contributed by atoms with E-state index in [-0.39, 0.29) is 5.60 Å². The zero-order chi connectivity index (χ0) is 16.5. The summed E-state index contributed by atoms with van der Waals surface area (Å²) in [6.07, 6.45) is 5.75. The van der Waals surface area contributed by atoms with E-state index in [1.807, 2.05) is 6.07 Å². The van der Waals surface area contributed by atoms with Gasteiger partial charge in [-0.2, -0.15) is 5.26 Å². The van der Waals surface area contributed by atoms with Crippen LogP contribution in [0.1, 0.15) is 44.2 Å². The summed E-state index contributed by atoms with van der Waals surface area (Å²) in [5.41, 5.74) is -0.835. The Morgan fingerprint density at radius 1 is 1.39 bits per heavy atom. The van der Waals surface area contributed by atoms with Crippen molar-refractivity contribution in [3.63, 3.8) is 0 Å². The van der Waals surface area contributed by atoms with Gasteiger partial charge in [-0.05, 0) is 37.8 Å². The molecule has 2 unspecified atom stereocenters. The van der Waals surface area contributed by atoms with Crippen LogP contribution in [0.3, 0.4) is 0 Å². The molecule has 0 amide bonds. The number of nitrogens with zero attached hydrogens (tertiary/aromatic N) is 2. The molecule has 1 saturated carbocycles. The van der Waals surface area contributed by atoms with Gasteiger partial charge in [-0.25, -0.2) is 4.39 Å². The molecule has 0 radical (unpaired) electrons. The number of carbonyl (C=O) groups is 1.